The number of benzene rings is 3. The molecule has 0 saturated heterocycles. The molecular weight excluding hydrogens is 500 g/mol. The van der Waals surface area contributed by atoms with E-state index >= 15 is 0 Å². The first-order valence-electron chi connectivity index (χ1n) is 9.13. The van der Waals surface area contributed by atoms with Crippen molar-refractivity contribution in [2.45, 2.75) is 26.5 Å². The van der Waals surface area contributed by atoms with E-state index in [1.54, 1.807) is 12.1 Å². The molecule has 0 unspecified atom stereocenters. The second kappa shape index (κ2) is 9.89. The van der Waals surface area contributed by atoms with Crippen LogP contribution < -0.4 is 10.1 Å². The molecule has 0 saturated carbocycles. The van der Waals surface area contributed by atoms with Crippen LogP contribution in [0.5, 0.6) is 5.75 Å². The molecule has 150 valence electrons. The second-order valence-electron chi connectivity index (χ2n) is 6.50. The van der Waals surface area contributed by atoms with Crippen molar-refractivity contribution in [3.63, 3.8) is 0 Å². The first-order chi connectivity index (χ1) is 14.0. The summed E-state index contributed by atoms with van der Waals surface area (Å²) in [5.74, 6) is 0.694. The fourth-order valence-corrected chi connectivity index (χ4v) is 4.29. The van der Waals surface area contributed by atoms with E-state index in [0.29, 0.717) is 18.9 Å². The number of nitrogens with one attached hydrogen (secondary N) is 1. The summed E-state index contributed by atoms with van der Waals surface area (Å²) in [6, 6.07) is 18.8. The molecule has 3 aromatic carbocycles. The third-order valence-corrected chi connectivity index (χ3v) is 5.63. The molecule has 0 aliphatic carbocycles. The maximum atomic E-state index is 10.7. The largest absolute Gasteiger partial charge is 0.487 e. The Hall–Kier alpha value is -2.38. The van der Waals surface area contributed by atoms with Crippen LogP contribution >= 0.6 is 31.9 Å². The van der Waals surface area contributed by atoms with E-state index in [4.69, 9.17) is 4.74 Å². The summed E-state index contributed by atoms with van der Waals surface area (Å²) in [6.07, 6.45) is 1.03. The maximum Gasteiger partial charge on any atom is 0.269 e. The van der Waals surface area contributed by atoms with Gasteiger partial charge in [-0.3, -0.25) is 10.1 Å². The molecular formula is C22H20Br2N2O3. The molecule has 1 N–H and O–H groups in total. The molecule has 0 aliphatic rings. The van der Waals surface area contributed by atoms with Crippen LogP contribution in [-0.2, 0) is 19.6 Å². The molecule has 7 heteroatoms. The van der Waals surface area contributed by atoms with Gasteiger partial charge in [0.15, 0.2) is 0 Å². The molecule has 0 bridgehead atoms. The molecule has 0 amide bonds. The van der Waals surface area contributed by atoms with Gasteiger partial charge in [-0.05, 0) is 91.4 Å². The van der Waals surface area contributed by atoms with Crippen molar-refractivity contribution in [3.8, 4) is 5.75 Å². The highest BCUT2D eigenvalue weighted by Crippen LogP contribution is 2.35. The van der Waals surface area contributed by atoms with Crippen LogP contribution in [0.4, 0.5) is 11.4 Å². The summed E-state index contributed by atoms with van der Waals surface area (Å²) in [5.41, 5.74) is 4.42. The van der Waals surface area contributed by atoms with Crippen molar-refractivity contribution in [1.82, 2.24) is 0 Å². The van der Waals surface area contributed by atoms with Crippen molar-refractivity contribution in [2.75, 3.05) is 5.32 Å². The summed E-state index contributed by atoms with van der Waals surface area (Å²) in [5, 5.41) is 14.2. The molecule has 0 fully saturated rings. The molecule has 3 aromatic rings. The first-order valence-corrected chi connectivity index (χ1v) is 10.7. The van der Waals surface area contributed by atoms with Crippen LogP contribution in [0.25, 0.3) is 0 Å². The Morgan fingerprint density at radius 1 is 0.931 bits per heavy atom. The number of nitrogens with zero attached hydrogens (tertiary/aromatic N) is 1. The number of hydrogen-bond acceptors (Lipinski definition) is 4. The van der Waals surface area contributed by atoms with E-state index < -0.39 is 4.92 Å². The summed E-state index contributed by atoms with van der Waals surface area (Å²) in [6.45, 7) is 3.14. The molecule has 0 aromatic heterocycles. The Bertz CT molecular complexity index is 967. The predicted octanol–water partition coefficient (Wildman–Crippen LogP) is 6.87. The van der Waals surface area contributed by atoms with E-state index in [9.17, 15) is 10.1 Å². The lowest BCUT2D eigenvalue weighted by molar-refractivity contribution is -0.384. The van der Waals surface area contributed by atoms with Crippen molar-refractivity contribution < 1.29 is 9.66 Å². The average Bonchev–Trinajstić information content (AvgIpc) is 2.72. The van der Waals surface area contributed by atoms with Gasteiger partial charge in [-0.2, -0.15) is 0 Å². The van der Waals surface area contributed by atoms with E-state index in [1.807, 2.05) is 12.1 Å². The molecule has 3 rings (SSSR count). The summed E-state index contributed by atoms with van der Waals surface area (Å²) in [4.78, 5) is 10.3. The molecule has 0 atom stereocenters. The first kappa shape index (κ1) is 21.3. The Balaban J connectivity index is 1.62. The zero-order valence-corrected chi connectivity index (χ0v) is 19.0. The van der Waals surface area contributed by atoms with E-state index in [1.165, 1.54) is 17.7 Å². The van der Waals surface area contributed by atoms with Gasteiger partial charge in [0.2, 0.25) is 0 Å². The minimum absolute atomic E-state index is 0.0669. The summed E-state index contributed by atoms with van der Waals surface area (Å²) >= 11 is 7.15. The van der Waals surface area contributed by atoms with Crippen LogP contribution in [0.1, 0.15) is 23.6 Å². The summed E-state index contributed by atoms with van der Waals surface area (Å²) in [7, 11) is 0. The predicted molar refractivity (Wildman–Crippen MR) is 122 cm³/mol. The highest BCUT2D eigenvalue weighted by Gasteiger charge is 2.11. The van der Waals surface area contributed by atoms with Gasteiger partial charge < -0.3 is 10.1 Å². The van der Waals surface area contributed by atoms with Gasteiger partial charge >= 0.3 is 0 Å². The van der Waals surface area contributed by atoms with Gasteiger partial charge in [-0.25, -0.2) is 0 Å². The second-order valence-corrected chi connectivity index (χ2v) is 8.21. The summed E-state index contributed by atoms with van der Waals surface area (Å²) < 4.78 is 7.59. The van der Waals surface area contributed by atoms with Crippen molar-refractivity contribution in [1.29, 1.82) is 0 Å². The zero-order valence-electron chi connectivity index (χ0n) is 15.8. The zero-order chi connectivity index (χ0) is 20.8. The van der Waals surface area contributed by atoms with Gasteiger partial charge in [0, 0.05) is 24.4 Å². The van der Waals surface area contributed by atoms with Gasteiger partial charge in [-0.15, -0.1) is 0 Å². The van der Waals surface area contributed by atoms with Crippen LogP contribution in [0.15, 0.2) is 69.6 Å². The van der Waals surface area contributed by atoms with Crippen molar-refractivity contribution >= 4 is 43.2 Å². The standard InChI is InChI=1S/C22H20Br2N2O3/c1-2-15-3-7-18(8-4-15)25-13-17-11-20(23)22(21(24)12-17)29-14-16-5-9-19(10-6-16)26(27)28/h3-12,25H,2,13-14H2,1H3. The maximum absolute atomic E-state index is 10.7. The van der Waals surface area contributed by atoms with Crippen molar-refractivity contribution in [3.05, 3.63) is 96.4 Å². The third-order valence-electron chi connectivity index (χ3n) is 4.45. The topological polar surface area (TPSA) is 64.4 Å². The Kier molecular flexibility index (Phi) is 7.28. The smallest absolute Gasteiger partial charge is 0.269 e. The van der Waals surface area contributed by atoms with Gasteiger partial charge in [0.1, 0.15) is 12.4 Å². The Labute approximate surface area is 186 Å². The number of aryl methyl sites for hydroxylation is 1. The fraction of sp³-hybridized carbons (Fsp3) is 0.182. The number of nitro groups is 1. The Morgan fingerprint density at radius 3 is 2.07 bits per heavy atom. The number of ether oxygens (including phenoxy) is 1. The molecule has 0 radical (unpaired) electrons. The van der Waals surface area contributed by atoms with Gasteiger partial charge in [0.05, 0.1) is 13.9 Å². The minimum atomic E-state index is -0.414. The monoisotopic (exact) mass is 518 g/mol. The lowest BCUT2D eigenvalue weighted by Gasteiger charge is -2.13. The molecule has 0 aliphatic heterocycles. The van der Waals surface area contributed by atoms with E-state index in [0.717, 1.165) is 32.2 Å². The Morgan fingerprint density at radius 2 is 1.52 bits per heavy atom. The van der Waals surface area contributed by atoms with E-state index in [-0.39, 0.29) is 5.69 Å². The number of rotatable bonds is 8. The van der Waals surface area contributed by atoms with Gasteiger partial charge in [-0.1, -0.05) is 19.1 Å². The minimum Gasteiger partial charge on any atom is -0.487 e. The fourth-order valence-electron chi connectivity index (χ4n) is 2.78. The average molecular weight is 520 g/mol. The lowest BCUT2D eigenvalue weighted by Crippen LogP contribution is -2.02. The SMILES string of the molecule is CCc1ccc(NCc2cc(Br)c(OCc3ccc([N+](=O)[O-])cc3)c(Br)c2)cc1. The number of non-ortho nitro benzene ring substituents is 1. The van der Waals surface area contributed by atoms with Crippen LogP contribution in [-0.4, -0.2) is 4.92 Å². The van der Waals surface area contributed by atoms with Crippen molar-refractivity contribution in [2.24, 2.45) is 0 Å². The number of nitro benzene ring substituents is 1. The van der Waals surface area contributed by atoms with Crippen LogP contribution in [0, 0.1) is 10.1 Å². The third kappa shape index (κ3) is 5.81. The van der Waals surface area contributed by atoms with Gasteiger partial charge in [0.25, 0.3) is 5.69 Å². The molecule has 5 nitrogen and oxygen atoms in total. The molecule has 29 heavy (non-hydrogen) atoms. The van der Waals surface area contributed by atoms with Crippen LogP contribution in [0.3, 0.4) is 0 Å². The number of halogens is 2. The van der Waals surface area contributed by atoms with Crippen LogP contribution in [0.2, 0.25) is 0 Å². The molecule has 0 spiro atoms. The highest BCUT2D eigenvalue weighted by molar-refractivity contribution is 9.11. The normalized spacial score (nSPS) is 10.6. The highest BCUT2D eigenvalue weighted by atomic mass is 79.9. The number of hydrogen-bond donors (Lipinski definition) is 1. The lowest BCUT2D eigenvalue weighted by atomic mass is 10.1. The molecule has 0 heterocycles. The van der Waals surface area contributed by atoms with E-state index in [2.05, 4.69) is 68.4 Å². The quantitative estimate of drug-likeness (QED) is 0.260. The number of anilines is 1.